The predicted molar refractivity (Wildman–Crippen MR) is 88.8 cm³/mol. The molecule has 2 aromatic heterocycles. The molecule has 0 atom stereocenters. The number of aromatic nitrogens is 2. The van der Waals surface area contributed by atoms with E-state index in [1.54, 1.807) is 11.3 Å². The Labute approximate surface area is 141 Å². The highest BCUT2D eigenvalue weighted by Crippen LogP contribution is 2.35. The Morgan fingerprint density at radius 1 is 1.30 bits per heavy atom. The number of thiazole rings is 1. The van der Waals surface area contributed by atoms with Gasteiger partial charge in [0.1, 0.15) is 12.4 Å². The standard InChI is InChI=1S/C13H9Br2ClN2OS/c14-10-3-8(5-16)4-11(15)12(10)19-7-9-6-18-1-2-20-13(18)17-9/h1-4,6H,5,7H2. The van der Waals surface area contributed by atoms with Crippen LogP contribution in [0.25, 0.3) is 4.96 Å². The molecular weight excluding hydrogens is 427 g/mol. The predicted octanol–water partition coefficient (Wildman–Crippen LogP) is 5.24. The van der Waals surface area contributed by atoms with Crippen molar-refractivity contribution in [2.24, 2.45) is 0 Å². The summed E-state index contributed by atoms with van der Waals surface area (Å²) < 4.78 is 9.59. The van der Waals surface area contributed by atoms with Crippen LogP contribution < -0.4 is 4.74 Å². The molecular formula is C13H9Br2ClN2OS. The lowest BCUT2D eigenvalue weighted by molar-refractivity contribution is 0.298. The second kappa shape index (κ2) is 6.05. The average molecular weight is 437 g/mol. The summed E-state index contributed by atoms with van der Waals surface area (Å²) in [5, 5.41) is 2.00. The fourth-order valence-corrected chi connectivity index (χ4v) is 4.20. The Kier molecular flexibility index (Phi) is 4.35. The number of ether oxygens (including phenoxy) is 1. The molecule has 1 aromatic carbocycles. The maximum Gasteiger partial charge on any atom is 0.193 e. The lowest BCUT2D eigenvalue weighted by atomic mass is 10.2. The van der Waals surface area contributed by atoms with Crippen LogP contribution in [0.15, 0.2) is 38.9 Å². The average Bonchev–Trinajstić information content (AvgIpc) is 2.98. The molecule has 0 spiro atoms. The van der Waals surface area contributed by atoms with Crippen molar-refractivity contribution in [3.63, 3.8) is 0 Å². The van der Waals surface area contributed by atoms with Gasteiger partial charge in [-0.25, -0.2) is 4.98 Å². The molecule has 0 radical (unpaired) electrons. The zero-order chi connectivity index (χ0) is 14.1. The molecule has 3 rings (SSSR count). The SMILES string of the molecule is ClCc1cc(Br)c(OCc2cn3ccsc3n2)c(Br)c1. The van der Waals surface area contributed by atoms with Gasteiger partial charge in [0.25, 0.3) is 0 Å². The first-order valence-electron chi connectivity index (χ1n) is 5.75. The third-order valence-electron chi connectivity index (χ3n) is 2.72. The van der Waals surface area contributed by atoms with Crippen LogP contribution in [0.2, 0.25) is 0 Å². The highest BCUT2D eigenvalue weighted by Gasteiger charge is 2.10. The van der Waals surface area contributed by atoms with Gasteiger partial charge in [-0.05, 0) is 49.6 Å². The third kappa shape index (κ3) is 2.88. The first-order chi connectivity index (χ1) is 9.67. The largest absolute Gasteiger partial charge is 0.485 e. The van der Waals surface area contributed by atoms with Crippen molar-refractivity contribution in [1.82, 2.24) is 9.38 Å². The summed E-state index contributed by atoms with van der Waals surface area (Å²) in [6.07, 6.45) is 3.96. The molecule has 3 nitrogen and oxygen atoms in total. The first-order valence-corrected chi connectivity index (χ1v) is 8.75. The molecule has 0 aliphatic carbocycles. The van der Waals surface area contributed by atoms with Crippen LogP contribution in [0, 0.1) is 0 Å². The van der Waals surface area contributed by atoms with Crippen molar-refractivity contribution in [1.29, 1.82) is 0 Å². The molecule has 0 amide bonds. The van der Waals surface area contributed by atoms with Crippen molar-refractivity contribution in [2.45, 2.75) is 12.5 Å². The van der Waals surface area contributed by atoms with Gasteiger partial charge in [0.2, 0.25) is 0 Å². The molecule has 0 N–H and O–H groups in total. The third-order valence-corrected chi connectivity index (χ3v) is 4.98. The maximum absolute atomic E-state index is 5.84. The van der Waals surface area contributed by atoms with Gasteiger partial charge in [-0.2, -0.15) is 0 Å². The first kappa shape index (κ1) is 14.4. The Hall–Kier alpha value is -0.560. The van der Waals surface area contributed by atoms with Crippen molar-refractivity contribution >= 4 is 59.8 Å². The van der Waals surface area contributed by atoms with E-state index in [0.29, 0.717) is 12.5 Å². The Bertz CT molecular complexity index is 704. The molecule has 0 fully saturated rings. The number of alkyl halides is 1. The van der Waals surface area contributed by atoms with Crippen molar-refractivity contribution in [3.8, 4) is 5.75 Å². The van der Waals surface area contributed by atoms with E-state index >= 15 is 0 Å². The van der Waals surface area contributed by atoms with Crippen LogP contribution in [-0.4, -0.2) is 9.38 Å². The van der Waals surface area contributed by atoms with Crippen LogP contribution >= 0.6 is 54.8 Å². The summed E-state index contributed by atoms with van der Waals surface area (Å²) in [7, 11) is 0. The monoisotopic (exact) mass is 434 g/mol. The number of fused-ring (bicyclic) bond motifs is 1. The lowest BCUT2D eigenvalue weighted by Gasteiger charge is -2.10. The van der Waals surface area contributed by atoms with E-state index in [-0.39, 0.29) is 0 Å². The Morgan fingerprint density at radius 2 is 2.05 bits per heavy atom. The maximum atomic E-state index is 5.84. The topological polar surface area (TPSA) is 26.5 Å². The van der Waals surface area contributed by atoms with E-state index < -0.39 is 0 Å². The van der Waals surface area contributed by atoms with Crippen LogP contribution in [-0.2, 0) is 12.5 Å². The van der Waals surface area contributed by atoms with Gasteiger partial charge < -0.3 is 4.74 Å². The zero-order valence-electron chi connectivity index (χ0n) is 10.1. The summed E-state index contributed by atoms with van der Waals surface area (Å²) in [6.45, 7) is 0.422. The summed E-state index contributed by atoms with van der Waals surface area (Å²) in [5.41, 5.74) is 1.93. The van der Waals surface area contributed by atoms with Gasteiger partial charge in [-0.1, -0.05) is 0 Å². The second-order valence-corrected chi connectivity index (χ2v) is 6.98. The highest BCUT2D eigenvalue weighted by molar-refractivity contribution is 9.11. The summed E-state index contributed by atoms with van der Waals surface area (Å²) in [6, 6.07) is 3.91. The van der Waals surface area contributed by atoms with E-state index in [4.69, 9.17) is 16.3 Å². The minimum absolute atomic E-state index is 0.422. The molecule has 20 heavy (non-hydrogen) atoms. The second-order valence-electron chi connectivity index (χ2n) is 4.14. The number of halogens is 3. The molecule has 0 aliphatic heterocycles. The summed E-state index contributed by atoms with van der Waals surface area (Å²) in [4.78, 5) is 5.46. The molecule has 104 valence electrons. The number of benzene rings is 1. The van der Waals surface area contributed by atoms with Crippen LogP contribution in [0.5, 0.6) is 5.75 Å². The van der Waals surface area contributed by atoms with Gasteiger partial charge in [0.15, 0.2) is 4.96 Å². The molecule has 0 aliphatic rings. The fourth-order valence-electron chi connectivity index (χ4n) is 1.82. The van der Waals surface area contributed by atoms with E-state index in [1.165, 1.54) is 0 Å². The van der Waals surface area contributed by atoms with E-state index in [2.05, 4.69) is 36.8 Å². The molecule has 0 unspecified atom stereocenters. The van der Waals surface area contributed by atoms with Crippen molar-refractivity contribution in [3.05, 3.63) is 50.1 Å². The molecule has 2 heterocycles. The molecule has 7 heteroatoms. The van der Waals surface area contributed by atoms with Gasteiger partial charge in [-0.15, -0.1) is 22.9 Å². The molecule has 3 aromatic rings. The number of nitrogens with zero attached hydrogens (tertiary/aromatic N) is 2. The van der Waals surface area contributed by atoms with Gasteiger partial charge in [-0.3, -0.25) is 4.40 Å². The Balaban J connectivity index is 1.79. The fraction of sp³-hybridized carbons (Fsp3) is 0.154. The van der Waals surface area contributed by atoms with Crippen LogP contribution in [0.3, 0.4) is 0 Å². The van der Waals surface area contributed by atoms with E-state index in [1.807, 2.05) is 34.3 Å². The van der Waals surface area contributed by atoms with Gasteiger partial charge in [0, 0.05) is 23.7 Å². The zero-order valence-corrected chi connectivity index (χ0v) is 14.9. The van der Waals surface area contributed by atoms with Gasteiger partial charge in [0.05, 0.1) is 14.6 Å². The minimum atomic E-state index is 0.422. The van der Waals surface area contributed by atoms with E-state index in [0.717, 1.165) is 30.9 Å². The smallest absolute Gasteiger partial charge is 0.193 e. The lowest BCUT2D eigenvalue weighted by Crippen LogP contribution is -1.98. The molecule has 0 saturated heterocycles. The van der Waals surface area contributed by atoms with Crippen molar-refractivity contribution in [2.75, 3.05) is 0 Å². The highest BCUT2D eigenvalue weighted by atomic mass is 79.9. The van der Waals surface area contributed by atoms with E-state index in [9.17, 15) is 0 Å². The minimum Gasteiger partial charge on any atom is -0.485 e. The summed E-state index contributed by atoms with van der Waals surface area (Å²) in [5.74, 6) is 1.23. The quantitative estimate of drug-likeness (QED) is 0.523. The van der Waals surface area contributed by atoms with Gasteiger partial charge >= 0.3 is 0 Å². The summed E-state index contributed by atoms with van der Waals surface area (Å²) >= 11 is 14.4. The number of hydrogen-bond acceptors (Lipinski definition) is 3. The molecule has 0 saturated carbocycles. The Morgan fingerprint density at radius 3 is 2.70 bits per heavy atom. The normalized spacial score (nSPS) is 11.2. The number of rotatable bonds is 4. The van der Waals surface area contributed by atoms with Crippen LogP contribution in [0.4, 0.5) is 0 Å². The van der Waals surface area contributed by atoms with Crippen molar-refractivity contribution < 1.29 is 4.74 Å². The molecule has 0 bridgehead atoms. The van der Waals surface area contributed by atoms with Crippen LogP contribution in [0.1, 0.15) is 11.3 Å². The number of hydrogen-bond donors (Lipinski definition) is 0. The number of imidazole rings is 1.